The van der Waals surface area contributed by atoms with Crippen molar-refractivity contribution in [2.24, 2.45) is 0 Å². The standard InChI is InChI=1S/C14H17BrClNO/c1-10-8-11(4-5-12(10)16)13(18)17-14(9-15)6-2-3-7-14/h4-5,8H,2-3,6-7,9H2,1H3,(H,17,18). The zero-order valence-electron chi connectivity index (χ0n) is 10.4. The molecule has 98 valence electrons. The van der Waals surface area contributed by atoms with Crippen LogP contribution in [0, 0.1) is 6.92 Å². The number of carbonyl (C=O) groups is 1. The molecular weight excluding hydrogens is 314 g/mol. The van der Waals surface area contributed by atoms with Crippen molar-refractivity contribution < 1.29 is 4.79 Å². The molecule has 1 fully saturated rings. The van der Waals surface area contributed by atoms with Crippen molar-refractivity contribution >= 4 is 33.4 Å². The van der Waals surface area contributed by atoms with E-state index >= 15 is 0 Å². The van der Waals surface area contributed by atoms with Crippen molar-refractivity contribution in [3.05, 3.63) is 34.3 Å². The molecule has 0 aliphatic heterocycles. The normalized spacial score (nSPS) is 17.7. The van der Waals surface area contributed by atoms with Crippen molar-refractivity contribution in [1.82, 2.24) is 5.32 Å². The van der Waals surface area contributed by atoms with Gasteiger partial charge in [0.2, 0.25) is 0 Å². The quantitative estimate of drug-likeness (QED) is 0.831. The molecule has 0 saturated heterocycles. The highest BCUT2D eigenvalue weighted by Gasteiger charge is 2.34. The number of nitrogens with one attached hydrogen (secondary N) is 1. The molecular formula is C14H17BrClNO. The maximum atomic E-state index is 12.3. The second-order valence-corrected chi connectivity index (χ2v) is 6.01. The van der Waals surface area contributed by atoms with E-state index in [1.807, 2.05) is 13.0 Å². The topological polar surface area (TPSA) is 29.1 Å². The summed E-state index contributed by atoms with van der Waals surface area (Å²) in [4.78, 5) is 12.3. The average molecular weight is 331 g/mol. The molecule has 1 aromatic rings. The lowest BCUT2D eigenvalue weighted by molar-refractivity contribution is 0.0910. The number of hydrogen-bond donors (Lipinski definition) is 1. The number of aryl methyl sites for hydroxylation is 1. The number of amides is 1. The number of alkyl halides is 1. The molecule has 0 unspecified atom stereocenters. The molecule has 0 spiro atoms. The molecule has 2 rings (SSSR count). The fraction of sp³-hybridized carbons (Fsp3) is 0.500. The number of hydrogen-bond acceptors (Lipinski definition) is 1. The zero-order chi connectivity index (χ0) is 13.2. The minimum atomic E-state index is -0.0649. The van der Waals surface area contributed by atoms with Gasteiger partial charge in [0.1, 0.15) is 0 Å². The Balaban J connectivity index is 2.13. The Kier molecular flexibility index (Phi) is 4.33. The maximum Gasteiger partial charge on any atom is 0.251 e. The van der Waals surface area contributed by atoms with Crippen molar-refractivity contribution in [2.75, 3.05) is 5.33 Å². The van der Waals surface area contributed by atoms with E-state index in [0.29, 0.717) is 10.6 Å². The number of benzene rings is 1. The Hall–Kier alpha value is -0.540. The lowest BCUT2D eigenvalue weighted by atomic mass is 9.99. The van der Waals surface area contributed by atoms with Crippen LogP contribution in [0.15, 0.2) is 18.2 Å². The highest BCUT2D eigenvalue weighted by Crippen LogP contribution is 2.31. The van der Waals surface area contributed by atoms with Crippen molar-refractivity contribution in [1.29, 1.82) is 0 Å². The van der Waals surface area contributed by atoms with Gasteiger partial charge >= 0.3 is 0 Å². The molecule has 1 aromatic carbocycles. The van der Waals surface area contributed by atoms with E-state index in [-0.39, 0.29) is 11.4 Å². The summed E-state index contributed by atoms with van der Waals surface area (Å²) < 4.78 is 0. The van der Waals surface area contributed by atoms with E-state index in [2.05, 4.69) is 21.2 Å². The number of carbonyl (C=O) groups excluding carboxylic acids is 1. The van der Waals surface area contributed by atoms with Gasteiger partial charge in [-0.25, -0.2) is 0 Å². The molecule has 0 heterocycles. The molecule has 2 nitrogen and oxygen atoms in total. The number of halogens is 2. The van der Waals surface area contributed by atoms with Gasteiger partial charge in [0.25, 0.3) is 5.91 Å². The first-order valence-electron chi connectivity index (χ1n) is 6.21. The van der Waals surface area contributed by atoms with Gasteiger partial charge in [-0.3, -0.25) is 4.79 Å². The lowest BCUT2D eigenvalue weighted by Crippen LogP contribution is -2.47. The van der Waals surface area contributed by atoms with E-state index in [4.69, 9.17) is 11.6 Å². The summed E-state index contributed by atoms with van der Waals surface area (Å²) in [6.45, 7) is 1.91. The summed E-state index contributed by atoms with van der Waals surface area (Å²) >= 11 is 9.50. The predicted octanol–water partition coefficient (Wildman–Crippen LogP) is 4.09. The van der Waals surface area contributed by atoms with Gasteiger partial charge in [0.15, 0.2) is 0 Å². The first-order valence-corrected chi connectivity index (χ1v) is 7.71. The first kappa shape index (κ1) is 13.9. The Morgan fingerprint density at radius 1 is 1.44 bits per heavy atom. The fourth-order valence-electron chi connectivity index (χ4n) is 2.44. The van der Waals surface area contributed by atoms with Crippen molar-refractivity contribution in [2.45, 2.75) is 38.1 Å². The average Bonchev–Trinajstić information content (AvgIpc) is 2.82. The molecule has 4 heteroatoms. The van der Waals surface area contributed by atoms with Gasteiger partial charge in [0, 0.05) is 15.9 Å². The Morgan fingerprint density at radius 3 is 2.67 bits per heavy atom. The molecule has 1 N–H and O–H groups in total. The summed E-state index contributed by atoms with van der Waals surface area (Å²) in [5, 5.41) is 4.69. The van der Waals surface area contributed by atoms with Crippen LogP contribution in [0.3, 0.4) is 0 Å². The maximum absolute atomic E-state index is 12.3. The molecule has 0 aromatic heterocycles. The van der Waals surface area contributed by atoms with Gasteiger partial charge in [-0.05, 0) is 43.5 Å². The van der Waals surface area contributed by atoms with Crippen LogP contribution in [-0.4, -0.2) is 16.8 Å². The Bertz CT molecular complexity index is 455. The largest absolute Gasteiger partial charge is 0.346 e. The fourth-order valence-corrected chi connectivity index (χ4v) is 3.26. The summed E-state index contributed by atoms with van der Waals surface area (Å²) in [6, 6.07) is 5.40. The van der Waals surface area contributed by atoms with Gasteiger partial charge < -0.3 is 5.32 Å². The molecule has 0 radical (unpaired) electrons. The summed E-state index contributed by atoms with van der Waals surface area (Å²) in [5.74, 6) is -0.00360. The monoisotopic (exact) mass is 329 g/mol. The molecule has 1 saturated carbocycles. The predicted molar refractivity (Wildman–Crippen MR) is 78.6 cm³/mol. The molecule has 0 atom stereocenters. The van der Waals surface area contributed by atoms with Crippen molar-refractivity contribution in [3.63, 3.8) is 0 Å². The number of rotatable bonds is 3. The van der Waals surface area contributed by atoms with Crippen LogP contribution in [0.1, 0.15) is 41.6 Å². The second kappa shape index (κ2) is 5.62. The zero-order valence-corrected chi connectivity index (χ0v) is 12.8. The highest BCUT2D eigenvalue weighted by molar-refractivity contribution is 9.09. The van der Waals surface area contributed by atoms with Crippen LogP contribution in [0.5, 0.6) is 0 Å². The van der Waals surface area contributed by atoms with Gasteiger partial charge in [-0.15, -0.1) is 0 Å². The van der Waals surface area contributed by atoms with Crippen LogP contribution in [0.25, 0.3) is 0 Å². The van der Waals surface area contributed by atoms with Crippen LogP contribution in [-0.2, 0) is 0 Å². The van der Waals surface area contributed by atoms with Crippen LogP contribution >= 0.6 is 27.5 Å². The van der Waals surface area contributed by atoms with Gasteiger partial charge in [0.05, 0.1) is 5.54 Å². The molecule has 1 aliphatic rings. The van der Waals surface area contributed by atoms with Gasteiger partial charge in [-0.2, -0.15) is 0 Å². The van der Waals surface area contributed by atoms with E-state index in [1.165, 1.54) is 12.8 Å². The third kappa shape index (κ3) is 2.89. The molecule has 1 amide bonds. The molecule has 0 bridgehead atoms. The minimum absolute atomic E-state index is 0.00360. The Morgan fingerprint density at radius 2 is 2.11 bits per heavy atom. The van der Waals surface area contributed by atoms with Crippen LogP contribution < -0.4 is 5.32 Å². The van der Waals surface area contributed by atoms with Gasteiger partial charge in [-0.1, -0.05) is 40.4 Å². The SMILES string of the molecule is Cc1cc(C(=O)NC2(CBr)CCCC2)ccc1Cl. The smallest absolute Gasteiger partial charge is 0.251 e. The lowest BCUT2D eigenvalue weighted by Gasteiger charge is -2.28. The molecule has 18 heavy (non-hydrogen) atoms. The summed E-state index contributed by atoms with van der Waals surface area (Å²) in [5.41, 5.74) is 1.55. The minimum Gasteiger partial charge on any atom is -0.346 e. The molecule has 1 aliphatic carbocycles. The second-order valence-electron chi connectivity index (χ2n) is 5.04. The van der Waals surface area contributed by atoms with Crippen LogP contribution in [0.2, 0.25) is 5.02 Å². The van der Waals surface area contributed by atoms with E-state index in [0.717, 1.165) is 23.7 Å². The third-order valence-electron chi connectivity index (χ3n) is 3.62. The van der Waals surface area contributed by atoms with E-state index in [9.17, 15) is 4.79 Å². The van der Waals surface area contributed by atoms with Crippen LogP contribution in [0.4, 0.5) is 0 Å². The Labute approximate surface area is 121 Å². The highest BCUT2D eigenvalue weighted by atomic mass is 79.9. The summed E-state index contributed by atoms with van der Waals surface area (Å²) in [7, 11) is 0. The van der Waals surface area contributed by atoms with E-state index < -0.39 is 0 Å². The first-order chi connectivity index (χ1) is 8.56. The van der Waals surface area contributed by atoms with E-state index in [1.54, 1.807) is 12.1 Å². The summed E-state index contributed by atoms with van der Waals surface area (Å²) in [6.07, 6.45) is 4.48. The third-order valence-corrected chi connectivity index (χ3v) is 5.11. The van der Waals surface area contributed by atoms with Crippen molar-refractivity contribution in [3.8, 4) is 0 Å².